The van der Waals surface area contributed by atoms with Gasteiger partial charge in [0.1, 0.15) is 0 Å². The van der Waals surface area contributed by atoms with Crippen LogP contribution < -0.4 is 5.32 Å². The van der Waals surface area contributed by atoms with Gasteiger partial charge in [-0.3, -0.25) is 4.90 Å². The molecule has 0 radical (unpaired) electrons. The van der Waals surface area contributed by atoms with Gasteiger partial charge in [0.15, 0.2) is 0 Å². The molecule has 6 heteroatoms. The highest BCUT2D eigenvalue weighted by atomic mass is 32.2. The van der Waals surface area contributed by atoms with Crippen LogP contribution in [0.25, 0.3) is 0 Å². The third-order valence-corrected chi connectivity index (χ3v) is 4.54. The lowest BCUT2D eigenvalue weighted by Crippen LogP contribution is -2.45. The maximum Gasteiger partial charge on any atom is 0.389 e. The van der Waals surface area contributed by atoms with Crippen molar-refractivity contribution in [2.75, 3.05) is 32.4 Å². The molecular formula is C15H21F3N2S. The molecule has 1 aromatic carbocycles. The van der Waals surface area contributed by atoms with Crippen molar-refractivity contribution in [1.82, 2.24) is 10.2 Å². The van der Waals surface area contributed by atoms with Crippen molar-refractivity contribution in [3.63, 3.8) is 0 Å². The smallest absolute Gasteiger partial charge is 0.314 e. The maximum atomic E-state index is 12.6. The maximum absolute atomic E-state index is 12.6. The molecule has 0 saturated carbocycles. The normalized spacial score (nSPS) is 18.7. The fourth-order valence-corrected chi connectivity index (χ4v) is 3.09. The topological polar surface area (TPSA) is 15.3 Å². The number of rotatable bonds is 5. The van der Waals surface area contributed by atoms with E-state index in [9.17, 15) is 13.2 Å². The van der Waals surface area contributed by atoms with Crippen LogP contribution in [0.15, 0.2) is 29.2 Å². The predicted molar refractivity (Wildman–Crippen MR) is 80.7 cm³/mol. The van der Waals surface area contributed by atoms with Gasteiger partial charge in [0, 0.05) is 43.5 Å². The molecule has 2 rings (SSSR count). The van der Waals surface area contributed by atoms with Gasteiger partial charge < -0.3 is 5.32 Å². The third-order valence-electron chi connectivity index (χ3n) is 3.79. The second kappa shape index (κ2) is 7.51. The summed E-state index contributed by atoms with van der Waals surface area (Å²) < 4.78 is 37.8. The van der Waals surface area contributed by atoms with E-state index in [1.807, 2.05) is 30.5 Å². The first-order chi connectivity index (χ1) is 9.99. The van der Waals surface area contributed by atoms with Crippen molar-refractivity contribution in [3.05, 3.63) is 29.8 Å². The molecule has 1 heterocycles. The Hall–Kier alpha value is -0.720. The average molecular weight is 318 g/mol. The van der Waals surface area contributed by atoms with Crippen molar-refractivity contribution >= 4 is 11.8 Å². The molecule has 0 bridgehead atoms. The molecule has 2 nitrogen and oxygen atoms in total. The monoisotopic (exact) mass is 318 g/mol. The van der Waals surface area contributed by atoms with Gasteiger partial charge in [-0.2, -0.15) is 13.2 Å². The second-order valence-electron chi connectivity index (χ2n) is 5.23. The van der Waals surface area contributed by atoms with Gasteiger partial charge in [-0.15, -0.1) is 11.8 Å². The van der Waals surface area contributed by atoms with Gasteiger partial charge in [-0.25, -0.2) is 0 Å². The molecular weight excluding hydrogens is 297 g/mol. The molecule has 0 spiro atoms. The zero-order valence-electron chi connectivity index (χ0n) is 12.1. The Bertz CT molecular complexity index is 428. The van der Waals surface area contributed by atoms with E-state index in [1.165, 1.54) is 0 Å². The number of nitrogens with zero attached hydrogens (tertiary/aromatic N) is 1. The lowest BCUT2D eigenvalue weighted by atomic mass is 9.99. The number of thioether (sulfide) groups is 1. The van der Waals surface area contributed by atoms with Gasteiger partial charge in [-0.05, 0) is 30.4 Å². The molecule has 1 aliphatic rings. The zero-order valence-corrected chi connectivity index (χ0v) is 12.9. The fourth-order valence-electron chi connectivity index (χ4n) is 2.68. The van der Waals surface area contributed by atoms with E-state index in [2.05, 4.69) is 10.2 Å². The quantitative estimate of drug-likeness (QED) is 0.834. The summed E-state index contributed by atoms with van der Waals surface area (Å²) in [6, 6.07) is 7.76. The summed E-state index contributed by atoms with van der Waals surface area (Å²) in [5.41, 5.74) is 0.985. The van der Waals surface area contributed by atoms with E-state index in [1.54, 1.807) is 11.8 Å². The Morgan fingerprint density at radius 1 is 1.19 bits per heavy atom. The summed E-state index contributed by atoms with van der Waals surface area (Å²) in [5, 5.41) is 3.24. The van der Waals surface area contributed by atoms with Crippen molar-refractivity contribution in [3.8, 4) is 0 Å². The largest absolute Gasteiger partial charge is 0.389 e. The minimum atomic E-state index is -4.09. The van der Waals surface area contributed by atoms with E-state index < -0.39 is 12.6 Å². The molecule has 1 atom stereocenters. The molecule has 0 amide bonds. The van der Waals surface area contributed by atoms with E-state index in [-0.39, 0.29) is 12.5 Å². The molecule has 0 aliphatic carbocycles. The number of hydrogen-bond acceptors (Lipinski definition) is 3. The first-order valence-corrected chi connectivity index (χ1v) is 8.37. The van der Waals surface area contributed by atoms with E-state index in [4.69, 9.17) is 0 Å². The van der Waals surface area contributed by atoms with Crippen LogP contribution in [0.3, 0.4) is 0 Å². The fraction of sp³-hybridized carbons (Fsp3) is 0.600. The number of piperazine rings is 1. The summed E-state index contributed by atoms with van der Waals surface area (Å²) in [6.07, 6.45) is -2.70. The Kier molecular flexibility index (Phi) is 5.96. The van der Waals surface area contributed by atoms with Gasteiger partial charge in [0.2, 0.25) is 0 Å². The van der Waals surface area contributed by atoms with Gasteiger partial charge in [0.05, 0.1) is 0 Å². The zero-order chi connectivity index (χ0) is 15.3. The number of hydrogen-bond donors (Lipinski definition) is 1. The van der Waals surface area contributed by atoms with Gasteiger partial charge >= 0.3 is 6.18 Å². The van der Waals surface area contributed by atoms with Crippen molar-refractivity contribution < 1.29 is 13.2 Å². The van der Waals surface area contributed by atoms with Crippen LogP contribution >= 0.6 is 11.8 Å². The lowest BCUT2D eigenvalue weighted by molar-refractivity contribution is -0.138. The summed E-state index contributed by atoms with van der Waals surface area (Å²) in [4.78, 5) is 3.30. The first-order valence-electron chi connectivity index (χ1n) is 7.15. The lowest BCUT2D eigenvalue weighted by Gasteiger charge is -2.35. The number of nitrogens with one attached hydrogen (secondary N) is 1. The van der Waals surface area contributed by atoms with Crippen LogP contribution in [0, 0.1) is 0 Å². The van der Waals surface area contributed by atoms with E-state index >= 15 is 0 Å². The number of benzene rings is 1. The van der Waals surface area contributed by atoms with Crippen LogP contribution in [0.5, 0.6) is 0 Å². The molecule has 21 heavy (non-hydrogen) atoms. The molecule has 1 N–H and O–H groups in total. The number of alkyl halides is 3. The first kappa shape index (κ1) is 16.6. The molecule has 1 fully saturated rings. The van der Waals surface area contributed by atoms with Crippen LogP contribution in [-0.2, 0) is 0 Å². The van der Waals surface area contributed by atoms with E-state index in [0.29, 0.717) is 0 Å². The molecule has 1 saturated heterocycles. The summed E-state index contributed by atoms with van der Waals surface area (Å²) in [5.74, 6) is 0. The molecule has 1 aromatic rings. The van der Waals surface area contributed by atoms with Gasteiger partial charge in [0.25, 0.3) is 0 Å². The van der Waals surface area contributed by atoms with E-state index in [0.717, 1.165) is 36.6 Å². The Morgan fingerprint density at radius 3 is 2.33 bits per heavy atom. The molecule has 0 aromatic heterocycles. The van der Waals surface area contributed by atoms with Crippen LogP contribution in [-0.4, -0.2) is 43.5 Å². The highest BCUT2D eigenvalue weighted by Gasteiger charge is 2.31. The highest BCUT2D eigenvalue weighted by molar-refractivity contribution is 7.98. The Labute approximate surface area is 128 Å². The average Bonchev–Trinajstić information content (AvgIpc) is 2.48. The minimum Gasteiger partial charge on any atom is -0.314 e. The molecule has 0 unspecified atom stereocenters. The molecule has 118 valence electrons. The van der Waals surface area contributed by atoms with Crippen LogP contribution in [0.1, 0.15) is 24.4 Å². The summed E-state index contributed by atoms with van der Waals surface area (Å²) in [6.45, 7) is 3.27. The van der Waals surface area contributed by atoms with Gasteiger partial charge in [-0.1, -0.05) is 12.1 Å². The predicted octanol–water partition coefficient (Wildman–Crippen LogP) is 3.70. The molecule has 1 aliphatic heterocycles. The standard InChI is InChI=1S/C15H21F3N2S/c1-21-13-4-2-12(3-5-13)14(6-7-15(16,17)18)20-10-8-19-9-11-20/h2-5,14,19H,6-11H2,1H3/t14-/m0/s1. The van der Waals surface area contributed by atoms with Crippen LogP contribution in [0.4, 0.5) is 13.2 Å². The Morgan fingerprint density at radius 2 is 1.81 bits per heavy atom. The number of halogens is 3. The van der Waals surface area contributed by atoms with Crippen molar-refractivity contribution in [1.29, 1.82) is 0 Å². The van der Waals surface area contributed by atoms with Crippen LogP contribution in [0.2, 0.25) is 0 Å². The SMILES string of the molecule is CSc1ccc([C@H](CCC(F)(F)F)N2CCNCC2)cc1. The Balaban J connectivity index is 2.12. The highest BCUT2D eigenvalue weighted by Crippen LogP contribution is 2.32. The second-order valence-corrected chi connectivity index (χ2v) is 6.11. The van der Waals surface area contributed by atoms with Crippen molar-refractivity contribution in [2.24, 2.45) is 0 Å². The summed E-state index contributed by atoms with van der Waals surface area (Å²) in [7, 11) is 0. The third kappa shape index (κ3) is 5.20. The van der Waals surface area contributed by atoms with Crippen molar-refractivity contribution in [2.45, 2.75) is 30.0 Å². The minimum absolute atomic E-state index is 0.127. The summed E-state index contributed by atoms with van der Waals surface area (Å²) >= 11 is 1.64.